The minimum atomic E-state index is -0.969. The average molecular weight is 272 g/mol. The number of carbonyl (C=O) groups is 3. The van der Waals surface area contributed by atoms with Crippen molar-refractivity contribution in [3.05, 3.63) is 0 Å². The lowest BCUT2D eigenvalue weighted by molar-refractivity contribution is -0.149. The maximum absolute atomic E-state index is 11.8. The molecule has 0 aromatic heterocycles. The van der Waals surface area contributed by atoms with Gasteiger partial charge in [-0.25, -0.2) is 4.79 Å². The first-order chi connectivity index (χ1) is 8.90. The Bertz CT molecular complexity index is 318. The first kappa shape index (κ1) is 17.4. The fraction of sp³-hybridized carbons (Fsp3) is 0.769. The molecule has 0 spiro atoms. The Labute approximate surface area is 114 Å². The highest BCUT2D eigenvalue weighted by Crippen LogP contribution is 2.07. The van der Waals surface area contributed by atoms with Gasteiger partial charge in [-0.05, 0) is 19.3 Å². The van der Waals surface area contributed by atoms with Crippen LogP contribution in [0.5, 0.6) is 0 Å². The first-order valence-corrected chi connectivity index (χ1v) is 6.63. The second-order valence-electron chi connectivity index (χ2n) is 4.56. The van der Waals surface area contributed by atoms with E-state index in [1.807, 2.05) is 0 Å². The standard InChI is InChI=1S/C13H24N2O4/c1-4-11(13(18)19)15(3)12(17)8-6-5-7-9-14-10(2)16/h11H,4-9H2,1-3H3,(H,14,16)(H,18,19). The van der Waals surface area contributed by atoms with Gasteiger partial charge in [-0.15, -0.1) is 0 Å². The lowest BCUT2D eigenvalue weighted by Crippen LogP contribution is -2.41. The van der Waals surface area contributed by atoms with E-state index < -0.39 is 12.0 Å². The lowest BCUT2D eigenvalue weighted by Gasteiger charge is -2.23. The zero-order valence-corrected chi connectivity index (χ0v) is 11.9. The van der Waals surface area contributed by atoms with E-state index >= 15 is 0 Å². The highest BCUT2D eigenvalue weighted by Gasteiger charge is 2.23. The summed E-state index contributed by atoms with van der Waals surface area (Å²) < 4.78 is 0. The van der Waals surface area contributed by atoms with E-state index in [4.69, 9.17) is 5.11 Å². The van der Waals surface area contributed by atoms with Crippen LogP contribution in [0.25, 0.3) is 0 Å². The molecule has 0 radical (unpaired) electrons. The summed E-state index contributed by atoms with van der Waals surface area (Å²) in [6.45, 7) is 3.83. The smallest absolute Gasteiger partial charge is 0.326 e. The molecule has 2 N–H and O–H groups in total. The van der Waals surface area contributed by atoms with Crippen molar-refractivity contribution in [2.45, 2.75) is 52.0 Å². The molecule has 0 aromatic rings. The van der Waals surface area contributed by atoms with Gasteiger partial charge in [0.1, 0.15) is 6.04 Å². The van der Waals surface area contributed by atoms with E-state index in [0.29, 0.717) is 25.8 Å². The van der Waals surface area contributed by atoms with Crippen LogP contribution in [-0.4, -0.2) is 47.4 Å². The molecule has 6 heteroatoms. The molecule has 2 amide bonds. The molecule has 0 fully saturated rings. The van der Waals surface area contributed by atoms with Crippen LogP contribution in [0.15, 0.2) is 0 Å². The predicted molar refractivity (Wildman–Crippen MR) is 71.6 cm³/mol. The molecule has 0 rings (SSSR count). The van der Waals surface area contributed by atoms with E-state index in [2.05, 4.69) is 5.32 Å². The summed E-state index contributed by atoms with van der Waals surface area (Å²) in [5, 5.41) is 11.6. The van der Waals surface area contributed by atoms with Crippen molar-refractivity contribution >= 4 is 17.8 Å². The Morgan fingerprint density at radius 2 is 1.84 bits per heavy atom. The highest BCUT2D eigenvalue weighted by atomic mass is 16.4. The predicted octanol–water partition coefficient (Wildman–Crippen LogP) is 1.00. The molecular formula is C13H24N2O4. The normalized spacial score (nSPS) is 11.7. The van der Waals surface area contributed by atoms with E-state index in [1.165, 1.54) is 18.9 Å². The zero-order chi connectivity index (χ0) is 14.8. The van der Waals surface area contributed by atoms with Crippen molar-refractivity contribution < 1.29 is 19.5 Å². The number of likely N-dealkylation sites (N-methyl/N-ethyl adjacent to an activating group) is 1. The van der Waals surface area contributed by atoms with E-state index in [1.54, 1.807) is 6.92 Å². The van der Waals surface area contributed by atoms with Crippen LogP contribution < -0.4 is 5.32 Å². The first-order valence-electron chi connectivity index (χ1n) is 6.63. The number of carbonyl (C=O) groups excluding carboxylic acids is 2. The maximum Gasteiger partial charge on any atom is 0.326 e. The largest absolute Gasteiger partial charge is 0.480 e. The summed E-state index contributed by atoms with van der Waals surface area (Å²) in [5.74, 6) is -1.17. The number of nitrogens with one attached hydrogen (secondary N) is 1. The Kier molecular flexibility index (Phi) is 8.57. The van der Waals surface area contributed by atoms with Gasteiger partial charge in [0.2, 0.25) is 11.8 Å². The third-order valence-corrected chi connectivity index (χ3v) is 2.97. The topological polar surface area (TPSA) is 86.7 Å². The lowest BCUT2D eigenvalue weighted by atomic mass is 10.1. The van der Waals surface area contributed by atoms with E-state index in [-0.39, 0.29) is 11.8 Å². The van der Waals surface area contributed by atoms with E-state index in [0.717, 1.165) is 12.8 Å². The van der Waals surface area contributed by atoms with E-state index in [9.17, 15) is 14.4 Å². The minimum Gasteiger partial charge on any atom is -0.480 e. The molecular weight excluding hydrogens is 248 g/mol. The number of nitrogens with zero attached hydrogens (tertiary/aromatic N) is 1. The molecule has 6 nitrogen and oxygen atoms in total. The summed E-state index contributed by atoms with van der Waals surface area (Å²) in [5.41, 5.74) is 0. The van der Waals surface area contributed by atoms with Crippen LogP contribution in [-0.2, 0) is 14.4 Å². The summed E-state index contributed by atoms with van der Waals surface area (Å²) in [4.78, 5) is 34.6. The van der Waals surface area contributed by atoms with Gasteiger partial charge in [0.05, 0.1) is 0 Å². The maximum atomic E-state index is 11.8. The third-order valence-electron chi connectivity index (χ3n) is 2.97. The van der Waals surface area contributed by atoms with Crippen LogP contribution in [0.1, 0.15) is 46.0 Å². The summed E-state index contributed by atoms with van der Waals surface area (Å²) in [6.07, 6.45) is 3.12. The number of amides is 2. The Morgan fingerprint density at radius 1 is 1.21 bits per heavy atom. The van der Waals surface area contributed by atoms with Crippen LogP contribution in [0.4, 0.5) is 0 Å². The molecule has 110 valence electrons. The van der Waals surface area contributed by atoms with Gasteiger partial charge in [-0.3, -0.25) is 9.59 Å². The molecule has 19 heavy (non-hydrogen) atoms. The molecule has 0 bridgehead atoms. The third kappa shape index (κ3) is 7.43. The Morgan fingerprint density at radius 3 is 2.32 bits per heavy atom. The SMILES string of the molecule is CCC(C(=O)O)N(C)C(=O)CCCCCNC(C)=O. The highest BCUT2D eigenvalue weighted by molar-refractivity contribution is 5.83. The Balaban J connectivity index is 3.85. The number of rotatable bonds is 9. The zero-order valence-electron chi connectivity index (χ0n) is 11.9. The second-order valence-corrected chi connectivity index (χ2v) is 4.56. The van der Waals surface area contributed by atoms with Crippen molar-refractivity contribution in [2.24, 2.45) is 0 Å². The molecule has 0 aliphatic heterocycles. The number of hydrogen-bond donors (Lipinski definition) is 2. The number of aliphatic carboxylic acids is 1. The quantitative estimate of drug-likeness (QED) is 0.613. The van der Waals surface area contributed by atoms with Crippen molar-refractivity contribution in [3.63, 3.8) is 0 Å². The molecule has 0 heterocycles. The van der Waals surface area contributed by atoms with Crippen molar-refractivity contribution in [3.8, 4) is 0 Å². The Hall–Kier alpha value is -1.59. The van der Waals surface area contributed by atoms with Crippen molar-refractivity contribution in [1.29, 1.82) is 0 Å². The monoisotopic (exact) mass is 272 g/mol. The van der Waals surface area contributed by atoms with Gasteiger partial charge < -0.3 is 15.3 Å². The molecule has 0 aromatic carbocycles. The molecule has 1 atom stereocenters. The molecule has 0 aliphatic rings. The number of unbranched alkanes of at least 4 members (excludes halogenated alkanes) is 2. The average Bonchev–Trinajstić information content (AvgIpc) is 2.33. The molecule has 0 saturated carbocycles. The van der Waals surface area contributed by atoms with Crippen molar-refractivity contribution in [1.82, 2.24) is 10.2 Å². The van der Waals surface area contributed by atoms with Gasteiger partial charge in [-0.1, -0.05) is 13.3 Å². The van der Waals surface area contributed by atoms with Gasteiger partial charge in [-0.2, -0.15) is 0 Å². The van der Waals surface area contributed by atoms with Crippen LogP contribution in [0.2, 0.25) is 0 Å². The number of hydrogen-bond acceptors (Lipinski definition) is 3. The number of carboxylic acid groups (broad SMARTS) is 1. The van der Waals surface area contributed by atoms with Gasteiger partial charge in [0.15, 0.2) is 0 Å². The van der Waals surface area contributed by atoms with Crippen LogP contribution in [0.3, 0.4) is 0 Å². The van der Waals surface area contributed by atoms with Crippen LogP contribution >= 0.6 is 0 Å². The summed E-state index contributed by atoms with van der Waals surface area (Å²) in [7, 11) is 1.53. The second kappa shape index (κ2) is 9.35. The fourth-order valence-corrected chi connectivity index (χ4v) is 1.81. The van der Waals surface area contributed by atoms with Crippen LogP contribution in [0, 0.1) is 0 Å². The van der Waals surface area contributed by atoms with Gasteiger partial charge >= 0.3 is 5.97 Å². The fourth-order valence-electron chi connectivity index (χ4n) is 1.81. The molecule has 1 unspecified atom stereocenters. The summed E-state index contributed by atoms with van der Waals surface area (Å²) in [6, 6.07) is -0.744. The van der Waals surface area contributed by atoms with Gasteiger partial charge in [0, 0.05) is 26.9 Å². The van der Waals surface area contributed by atoms with Crippen molar-refractivity contribution in [2.75, 3.05) is 13.6 Å². The number of carboxylic acids is 1. The molecule has 0 saturated heterocycles. The summed E-state index contributed by atoms with van der Waals surface area (Å²) >= 11 is 0. The minimum absolute atomic E-state index is 0.0527. The van der Waals surface area contributed by atoms with Gasteiger partial charge in [0.25, 0.3) is 0 Å². The molecule has 0 aliphatic carbocycles.